The molecule has 104 valence electrons. The molecule has 1 N–H and O–H groups in total. The average Bonchev–Trinajstić information content (AvgIpc) is 2.43. The minimum atomic E-state index is -0.781. The molecule has 0 aliphatic rings. The standard InChI is InChI=1S/C16H22O3/c1-2-3-5-10-14(16(18)19)11-12-15(17)13-8-6-4-7-9-13/h4,6-9,14H,2-3,5,10-12H2,1H3,(H,18,19). The van der Waals surface area contributed by atoms with E-state index in [1.165, 1.54) is 0 Å². The third-order valence-corrected chi connectivity index (χ3v) is 3.32. The minimum absolute atomic E-state index is 0.0299. The van der Waals surface area contributed by atoms with Crippen molar-refractivity contribution in [2.75, 3.05) is 0 Å². The monoisotopic (exact) mass is 262 g/mol. The number of rotatable bonds is 9. The van der Waals surface area contributed by atoms with Gasteiger partial charge in [-0.3, -0.25) is 9.59 Å². The third kappa shape index (κ3) is 5.69. The third-order valence-electron chi connectivity index (χ3n) is 3.32. The number of carbonyl (C=O) groups is 2. The van der Waals surface area contributed by atoms with Crippen LogP contribution in [0.3, 0.4) is 0 Å². The van der Waals surface area contributed by atoms with Crippen LogP contribution < -0.4 is 0 Å². The number of carbonyl (C=O) groups excluding carboxylic acids is 1. The highest BCUT2D eigenvalue weighted by Gasteiger charge is 2.18. The normalized spacial score (nSPS) is 12.1. The van der Waals surface area contributed by atoms with Crippen LogP contribution in [0.25, 0.3) is 0 Å². The summed E-state index contributed by atoms with van der Waals surface area (Å²) in [6.07, 6.45) is 4.48. The Morgan fingerprint density at radius 2 is 1.79 bits per heavy atom. The number of carboxylic acids is 1. The first-order valence-corrected chi connectivity index (χ1v) is 6.96. The van der Waals surface area contributed by atoms with Crippen molar-refractivity contribution in [1.29, 1.82) is 0 Å². The van der Waals surface area contributed by atoms with Gasteiger partial charge in [0.25, 0.3) is 0 Å². The van der Waals surface area contributed by atoms with E-state index in [2.05, 4.69) is 6.92 Å². The Morgan fingerprint density at radius 1 is 1.11 bits per heavy atom. The molecule has 0 saturated heterocycles. The van der Waals surface area contributed by atoms with E-state index in [1.807, 2.05) is 18.2 Å². The van der Waals surface area contributed by atoms with Crippen molar-refractivity contribution in [2.24, 2.45) is 5.92 Å². The zero-order chi connectivity index (χ0) is 14.1. The van der Waals surface area contributed by atoms with Gasteiger partial charge in [-0.05, 0) is 12.8 Å². The fraction of sp³-hybridized carbons (Fsp3) is 0.500. The fourth-order valence-electron chi connectivity index (χ4n) is 2.11. The lowest BCUT2D eigenvalue weighted by Crippen LogP contribution is -2.15. The molecular formula is C16H22O3. The molecule has 0 amide bonds. The second-order valence-corrected chi connectivity index (χ2v) is 4.86. The Hall–Kier alpha value is -1.64. The van der Waals surface area contributed by atoms with Crippen LogP contribution in [0, 0.1) is 5.92 Å². The van der Waals surface area contributed by atoms with Crippen LogP contribution in [0.2, 0.25) is 0 Å². The molecule has 0 aliphatic carbocycles. The van der Waals surface area contributed by atoms with Crippen molar-refractivity contribution >= 4 is 11.8 Å². The SMILES string of the molecule is CCCCCC(CCC(=O)c1ccccc1)C(=O)O. The largest absolute Gasteiger partial charge is 0.481 e. The second-order valence-electron chi connectivity index (χ2n) is 4.86. The average molecular weight is 262 g/mol. The number of carboxylic acid groups (broad SMARTS) is 1. The molecule has 3 nitrogen and oxygen atoms in total. The van der Waals surface area contributed by atoms with Crippen LogP contribution in [-0.2, 0) is 4.79 Å². The van der Waals surface area contributed by atoms with Gasteiger partial charge in [0.2, 0.25) is 0 Å². The maximum Gasteiger partial charge on any atom is 0.306 e. The number of benzene rings is 1. The first kappa shape index (κ1) is 15.4. The van der Waals surface area contributed by atoms with Crippen molar-refractivity contribution in [3.63, 3.8) is 0 Å². The van der Waals surface area contributed by atoms with Crippen molar-refractivity contribution in [3.05, 3.63) is 35.9 Å². The van der Waals surface area contributed by atoms with E-state index in [1.54, 1.807) is 12.1 Å². The van der Waals surface area contributed by atoms with Gasteiger partial charge < -0.3 is 5.11 Å². The molecule has 0 spiro atoms. The van der Waals surface area contributed by atoms with Crippen LogP contribution in [0.4, 0.5) is 0 Å². The quantitative estimate of drug-likeness (QED) is 0.542. The molecule has 0 aromatic heterocycles. The van der Waals surface area contributed by atoms with Gasteiger partial charge in [0.05, 0.1) is 5.92 Å². The summed E-state index contributed by atoms with van der Waals surface area (Å²) in [4.78, 5) is 23.0. The zero-order valence-electron chi connectivity index (χ0n) is 11.5. The Morgan fingerprint density at radius 3 is 2.37 bits per heavy atom. The van der Waals surface area contributed by atoms with Crippen molar-refractivity contribution < 1.29 is 14.7 Å². The predicted octanol–water partition coefficient (Wildman–Crippen LogP) is 3.93. The first-order valence-electron chi connectivity index (χ1n) is 6.96. The molecule has 19 heavy (non-hydrogen) atoms. The van der Waals surface area contributed by atoms with E-state index >= 15 is 0 Å². The lowest BCUT2D eigenvalue weighted by molar-refractivity contribution is -0.142. The lowest BCUT2D eigenvalue weighted by Gasteiger charge is -2.11. The molecule has 0 bridgehead atoms. The molecule has 1 unspecified atom stereocenters. The molecule has 1 aromatic rings. The molecule has 1 rings (SSSR count). The van der Waals surface area contributed by atoms with Crippen LogP contribution in [0.1, 0.15) is 55.8 Å². The lowest BCUT2D eigenvalue weighted by atomic mass is 9.94. The van der Waals surface area contributed by atoms with E-state index in [4.69, 9.17) is 5.11 Å². The van der Waals surface area contributed by atoms with Crippen LogP contribution in [-0.4, -0.2) is 16.9 Å². The molecule has 0 aliphatic heterocycles. The molecule has 0 heterocycles. The maximum atomic E-state index is 11.9. The van der Waals surface area contributed by atoms with Gasteiger partial charge in [0.15, 0.2) is 5.78 Å². The Balaban J connectivity index is 2.43. The summed E-state index contributed by atoms with van der Waals surface area (Å²) in [5.74, 6) is -1.14. The van der Waals surface area contributed by atoms with Gasteiger partial charge in [-0.25, -0.2) is 0 Å². The zero-order valence-corrected chi connectivity index (χ0v) is 11.5. The number of hydrogen-bond donors (Lipinski definition) is 1. The number of Topliss-reactive ketones (excluding diaryl/α,β-unsaturated/α-hetero) is 1. The summed E-state index contributed by atoms with van der Waals surface area (Å²) in [6, 6.07) is 9.05. The topological polar surface area (TPSA) is 54.4 Å². The molecule has 0 saturated carbocycles. The highest BCUT2D eigenvalue weighted by molar-refractivity contribution is 5.96. The van der Waals surface area contributed by atoms with Crippen LogP contribution >= 0.6 is 0 Å². The molecule has 1 atom stereocenters. The first-order chi connectivity index (χ1) is 9.15. The Bertz CT molecular complexity index is 398. The summed E-state index contributed by atoms with van der Waals surface area (Å²) >= 11 is 0. The summed E-state index contributed by atoms with van der Waals surface area (Å²) in [5, 5.41) is 9.14. The van der Waals surface area contributed by atoms with Gasteiger partial charge >= 0.3 is 5.97 Å². The van der Waals surface area contributed by atoms with Crippen LogP contribution in [0.15, 0.2) is 30.3 Å². The molecule has 0 radical (unpaired) electrons. The smallest absolute Gasteiger partial charge is 0.306 e. The van der Waals surface area contributed by atoms with E-state index in [0.717, 1.165) is 19.3 Å². The number of aliphatic carboxylic acids is 1. The van der Waals surface area contributed by atoms with E-state index in [-0.39, 0.29) is 11.7 Å². The molecule has 3 heteroatoms. The highest BCUT2D eigenvalue weighted by atomic mass is 16.4. The van der Waals surface area contributed by atoms with E-state index < -0.39 is 5.97 Å². The van der Waals surface area contributed by atoms with Crippen molar-refractivity contribution in [2.45, 2.75) is 45.4 Å². The van der Waals surface area contributed by atoms with E-state index in [9.17, 15) is 9.59 Å². The number of unbranched alkanes of at least 4 members (excludes halogenated alkanes) is 2. The molecular weight excluding hydrogens is 240 g/mol. The maximum absolute atomic E-state index is 11.9. The van der Waals surface area contributed by atoms with Gasteiger partial charge in [-0.15, -0.1) is 0 Å². The fourth-order valence-corrected chi connectivity index (χ4v) is 2.11. The van der Waals surface area contributed by atoms with Gasteiger partial charge in [-0.1, -0.05) is 56.5 Å². The Kier molecular flexibility index (Phi) is 6.86. The van der Waals surface area contributed by atoms with Crippen molar-refractivity contribution in [3.8, 4) is 0 Å². The number of hydrogen-bond acceptors (Lipinski definition) is 2. The van der Waals surface area contributed by atoms with Crippen LogP contribution in [0.5, 0.6) is 0 Å². The summed E-state index contributed by atoms with van der Waals surface area (Å²) in [6.45, 7) is 2.09. The summed E-state index contributed by atoms with van der Waals surface area (Å²) < 4.78 is 0. The second kappa shape index (κ2) is 8.46. The minimum Gasteiger partial charge on any atom is -0.481 e. The van der Waals surface area contributed by atoms with Gasteiger partial charge in [0, 0.05) is 12.0 Å². The summed E-state index contributed by atoms with van der Waals surface area (Å²) in [5.41, 5.74) is 0.667. The van der Waals surface area contributed by atoms with Gasteiger partial charge in [0.1, 0.15) is 0 Å². The van der Waals surface area contributed by atoms with E-state index in [0.29, 0.717) is 24.8 Å². The highest BCUT2D eigenvalue weighted by Crippen LogP contribution is 2.18. The number of ketones is 1. The molecule has 1 aromatic carbocycles. The predicted molar refractivity (Wildman–Crippen MR) is 75.3 cm³/mol. The summed E-state index contributed by atoms with van der Waals surface area (Å²) in [7, 11) is 0. The van der Waals surface area contributed by atoms with Gasteiger partial charge in [-0.2, -0.15) is 0 Å². The van der Waals surface area contributed by atoms with Crippen molar-refractivity contribution in [1.82, 2.24) is 0 Å². The molecule has 0 fully saturated rings. The Labute approximate surface area is 114 Å².